The molecule has 2 aromatic carbocycles. The average Bonchev–Trinajstić information content (AvgIpc) is 2.71. The summed E-state index contributed by atoms with van der Waals surface area (Å²) in [7, 11) is 3.18. The summed E-state index contributed by atoms with van der Waals surface area (Å²) < 4.78 is 16.2. The normalized spacial score (nSPS) is 10.6. The summed E-state index contributed by atoms with van der Waals surface area (Å²) in [5.41, 5.74) is 3.80. The van der Waals surface area contributed by atoms with E-state index in [9.17, 15) is 4.79 Å². The Morgan fingerprint density at radius 1 is 1.04 bits per heavy atom. The molecule has 0 radical (unpaired) electrons. The summed E-state index contributed by atoms with van der Waals surface area (Å²) in [6, 6.07) is 12.3. The highest BCUT2D eigenvalue weighted by molar-refractivity contribution is 5.95. The molecule has 0 saturated carbocycles. The van der Waals surface area contributed by atoms with Crippen LogP contribution >= 0.6 is 0 Å². The highest BCUT2D eigenvalue weighted by Crippen LogP contribution is 2.27. The van der Waals surface area contributed by atoms with Crippen molar-refractivity contribution in [1.29, 1.82) is 0 Å². The van der Waals surface area contributed by atoms with Crippen molar-refractivity contribution >= 4 is 12.1 Å². The van der Waals surface area contributed by atoms with Crippen LogP contribution in [0.15, 0.2) is 47.6 Å². The number of hydrazone groups is 1. The van der Waals surface area contributed by atoms with E-state index in [1.54, 1.807) is 44.7 Å². The number of benzene rings is 2. The second kappa shape index (κ2) is 10.9. The fourth-order valence-electron chi connectivity index (χ4n) is 2.39. The first kappa shape index (κ1) is 20.3. The van der Waals surface area contributed by atoms with Gasteiger partial charge in [-0.05, 0) is 54.4 Å². The summed E-state index contributed by atoms with van der Waals surface area (Å²) >= 11 is 0. The number of carbonyl (C=O) groups excluding carboxylic acids is 1. The van der Waals surface area contributed by atoms with Gasteiger partial charge in [-0.25, -0.2) is 5.43 Å². The van der Waals surface area contributed by atoms with Crippen molar-refractivity contribution in [3.05, 3.63) is 53.6 Å². The Balaban J connectivity index is 1.94. The van der Waals surface area contributed by atoms with Crippen LogP contribution in [0.4, 0.5) is 0 Å². The Hall–Kier alpha value is -3.02. The number of rotatable bonds is 10. The second-order valence-corrected chi connectivity index (χ2v) is 5.89. The first-order valence-corrected chi connectivity index (χ1v) is 8.96. The lowest BCUT2D eigenvalue weighted by Crippen LogP contribution is -2.17. The minimum atomic E-state index is -0.295. The average molecular weight is 370 g/mol. The van der Waals surface area contributed by atoms with Gasteiger partial charge >= 0.3 is 0 Å². The third kappa shape index (κ3) is 6.33. The molecule has 1 amide bonds. The molecule has 0 heterocycles. The van der Waals surface area contributed by atoms with E-state index in [1.807, 2.05) is 18.2 Å². The maximum Gasteiger partial charge on any atom is 0.271 e. The van der Waals surface area contributed by atoms with Gasteiger partial charge in [-0.15, -0.1) is 0 Å². The summed E-state index contributed by atoms with van der Waals surface area (Å²) in [5.74, 6) is 1.74. The molecule has 144 valence electrons. The lowest BCUT2D eigenvalue weighted by Gasteiger charge is -2.11. The van der Waals surface area contributed by atoms with Gasteiger partial charge in [-0.3, -0.25) is 4.79 Å². The maximum atomic E-state index is 12.1. The van der Waals surface area contributed by atoms with E-state index in [-0.39, 0.29) is 5.91 Å². The molecule has 6 nitrogen and oxygen atoms in total. The van der Waals surface area contributed by atoms with Gasteiger partial charge in [-0.2, -0.15) is 5.10 Å². The lowest BCUT2D eigenvalue weighted by molar-refractivity contribution is 0.0955. The Labute approximate surface area is 160 Å². The first-order valence-electron chi connectivity index (χ1n) is 8.96. The molecule has 0 bridgehead atoms. The first-order chi connectivity index (χ1) is 13.2. The molecule has 2 aromatic rings. The minimum Gasteiger partial charge on any atom is -0.497 e. The third-order valence-corrected chi connectivity index (χ3v) is 3.93. The van der Waals surface area contributed by atoms with E-state index in [4.69, 9.17) is 14.2 Å². The predicted octanol–water partition coefficient (Wildman–Crippen LogP) is 4.04. The van der Waals surface area contributed by atoms with Crippen LogP contribution in [0.5, 0.6) is 17.2 Å². The van der Waals surface area contributed by atoms with E-state index < -0.39 is 0 Å². The summed E-state index contributed by atoms with van der Waals surface area (Å²) in [6.07, 6.45) is 4.87. The van der Waals surface area contributed by atoms with Crippen molar-refractivity contribution in [1.82, 2.24) is 5.43 Å². The molecule has 0 aromatic heterocycles. The smallest absolute Gasteiger partial charge is 0.271 e. The van der Waals surface area contributed by atoms with Crippen molar-refractivity contribution in [2.24, 2.45) is 5.10 Å². The zero-order chi connectivity index (χ0) is 19.5. The molecule has 0 aliphatic carbocycles. The van der Waals surface area contributed by atoms with Crippen LogP contribution in [0.25, 0.3) is 0 Å². The van der Waals surface area contributed by atoms with Gasteiger partial charge in [0, 0.05) is 5.56 Å². The Kier molecular flexibility index (Phi) is 8.16. The standard InChI is InChI=1S/C21H26N2O4/c1-4-5-6-13-27-19-12-7-16(14-20(19)26-3)15-22-23-21(24)17-8-10-18(25-2)11-9-17/h7-12,14-15H,4-6,13H2,1-3H3,(H,23,24)/b22-15+. The number of unbranched alkanes of at least 4 members (excludes halogenated alkanes) is 2. The van der Waals surface area contributed by atoms with Crippen LogP contribution in [-0.2, 0) is 0 Å². The van der Waals surface area contributed by atoms with E-state index in [0.29, 0.717) is 29.4 Å². The molecule has 0 atom stereocenters. The van der Waals surface area contributed by atoms with Gasteiger partial charge < -0.3 is 14.2 Å². The molecule has 2 rings (SSSR count). The number of nitrogens with zero attached hydrogens (tertiary/aromatic N) is 1. The molecule has 0 unspecified atom stereocenters. The second-order valence-electron chi connectivity index (χ2n) is 5.89. The lowest BCUT2D eigenvalue weighted by atomic mass is 10.2. The topological polar surface area (TPSA) is 69.2 Å². The van der Waals surface area contributed by atoms with Crippen molar-refractivity contribution in [3.8, 4) is 17.2 Å². The number of methoxy groups -OCH3 is 2. The van der Waals surface area contributed by atoms with E-state index >= 15 is 0 Å². The van der Waals surface area contributed by atoms with Crippen molar-refractivity contribution in [2.45, 2.75) is 26.2 Å². The molecular formula is C21H26N2O4. The van der Waals surface area contributed by atoms with Crippen LogP contribution in [0.3, 0.4) is 0 Å². The molecule has 0 spiro atoms. The molecule has 6 heteroatoms. The predicted molar refractivity (Wildman–Crippen MR) is 106 cm³/mol. The largest absolute Gasteiger partial charge is 0.497 e. The van der Waals surface area contributed by atoms with Gasteiger partial charge in [-0.1, -0.05) is 19.8 Å². The zero-order valence-electron chi connectivity index (χ0n) is 16.0. The molecule has 0 fully saturated rings. The molecule has 0 aliphatic heterocycles. The molecule has 27 heavy (non-hydrogen) atoms. The van der Waals surface area contributed by atoms with E-state index in [2.05, 4.69) is 17.5 Å². The minimum absolute atomic E-state index is 0.295. The third-order valence-electron chi connectivity index (χ3n) is 3.93. The van der Waals surface area contributed by atoms with Crippen molar-refractivity contribution < 1.29 is 19.0 Å². The quantitative estimate of drug-likeness (QED) is 0.389. The highest BCUT2D eigenvalue weighted by Gasteiger charge is 2.06. The number of amides is 1. The van der Waals surface area contributed by atoms with E-state index in [1.165, 1.54) is 0 Å². The Morgan fingerprint density at radius 3 is 2.48 bits per heavy atom. The Morgan fingerprint density at radius 2 is 1.81 bits per heavy atom. The van der Waals surface area contributed by atoms with Crippen molar-refractivity contribution in [2.75, 3.05) is 20.8 Å². The molecule has 0 saturated heterocycles. The number of ether oxygens (including phenoxy) is 3. The fourth-order valence-corrected chi connectivity index (χ4v) is 2.39. The van der Waals surface area contributed by atoms with Crippen LogP contribution < -0.4 is 19.6 Å². The summed E-state index contributed by atoms with van der Waals surface area (Å²) in [5, 5.41) is 4.00. The van der Waals surface area contributed by atoms with Crippen LogP contribution in [-0.4, -0.2) is 32.9 Å². The zero-order valence-corrected chi connectivity index (χ0v) is 16.0. The fraction of sp³-hybridized carbons (Fsp3) is 0.333. The SMILES string of the molecule is CCCCCOc1ccc(/C=N/NC(=O)c2ccc(OC)cc2)cc1OC. The van der Waals surface area contributed by atoms with Crippen LogP contribution in [0.1, 0.15) is 42.1 Å². The van der Waals surface area contributed by atoms with Gasteiger partial charge in [0.1, 0.15) is 5.75 Å². The number of hydrogen-bond acceptors (Lipinski definition) is 5. The monoisotopic (exact) mass is 370 g/mol. The Bertz CT molecular complexity index is 757. The number of carbonyl (C=O) groups is 1. The van der Waals surface area contributed by atoms with Crippen molar-refractivity contribution in [3.63, 3.8) is 0 Å². The highest BCUT2D eigenvalue weighted by atomic mass is 16.5. The molecule has 0 aliphatic rings. The maximum absolute atomic E-state index is 12.1. The number of hydrogen-bond donors (Lipinski definition) is 1. The van der Waals surface area contributed by atoms with Crippen LogP contribution in [0.2, 0.25) is 0 Å². The van der Waals surface area contributed by atoms with Gasteiger partial charge in [0.25, 0.3) is 5.91 Å². The summed E-state index contributed by atoms with van der Waals surface area (Å²) in [4.78, 5) is 12.1. The molecular weight excluding hydrogens is 344 g/mol. The van der Waals surface area contributed by atoms with Gasteiger partial charge in [0.15, 0.2) is 11.5 Å². The summed E-state index contributed by atoms with van der Waals surface area (Å²) in [6.45, 7) is 2.82. The van der Waals surface area contributed by atoms with E-state index in [0.717, 1.165) is 24.8 Å². The van der Waals surface area contributed by atoms with Gasteiger partial charge in [0.2, 0.25) is 0 Å². The van der Waals surface area contributed by atoms with Gasteiger partial charge in [0.05, 0.1) is 27.0 Å². The number of nitrogens with one attached hydrogen (secondary N) is 1. The molecule has 1 N–H and O–H groups in total. The van der Waals surface area contributed by atoms with Crippen LogP contribution in [0, 0.1) is 0 Å².